The molecule has 1 saturated heterocycles. The van der Waals surface area contributed by atoms with E-state index >= 15 is 0 Å². The molecule has 14 heteroatoms. The average Bonchev–Trinajstić information content (AvgIpc) is 3.52. The Labute approximate surface area is 192 Å². The van der Waals surface area contributed by atoms with E-state index in [0.717, 1.165) is 30.0 Å². The number of nitrogens with zero attached hydrogens (tertiary/aromatic N) is 4. The van der Waals surface area contributed by atoms with E-state index in [2.05, 4.69) is 20.0 Å². The molecule has 3 aromatic heterocycles. The number of halogens is 1. The SMILES string of the molecule is NC(=O)c1cc(S(=O)(=O)NCC(=O)N2CCC[C@@H]2Cn2cc(-c3ccc(Cl)s3)nn2)c[nH]1. The summed E-state index contributed by atoms with van der Waals surface area (Å²) in [7, 11) is -3.97. The number of aromatic amines is 1. The molecule has 0 aliphatic carbocycles. The van der Waals surface area contributed by atoms with Crippen molar-refractivity contribution >= 4 is 44.8 Å². The van der Waals surface area contributed by atoms with Gasteiger partial charge in [-0.05, 0) is 31.0 Å². The number of amides is 2. The second-order valence-electron chi connectivity index (χ2n) is 7.25. The molecule has 1 atom stereocenters. The Morgan fingerprint density at radius 3 is 2.88 bits per heavy atom. The van der Waals surface area contributed by atoms with E-state index in [4.69, 9.17) is 17.3 Å². The van der Waals surface area contributed by atoms with Crippen LogP contribution in [0, 0.1) is 0 Å². The second kappa shape index (κ2) is 9.02. The van der Waals surface area contributed by atoms with Gasteiger partial charge < -0.3 is 15.6 Å². The van der Waals surface area contributed by atoms with Gasteiger partial charge in [-0.3, -0.25) is 9.59 Å². The third-order valence-electron chi connectivity index (χ3n) is 5.11. The number of carbonyl (C=O) groups excluding carboxylic acids is 2. The molecule has 0 spiro atoms. The highest BCUT2D eigenvalue weighted by atomic mass is 35.5. The molecule has 0 unspecified atom stereocenters. The van der Waals surface area contributed by atoms with E-state index in [1.807, 2.05) is 6.07 Å². The quantitative estimate of drug-likeness (QED) is 0.422. The third kappa shape index (κ3) is 4.85. The summed E-state index contributed by atoms with van der Waals surface area (Å²) in [5.74, 6) is -1.12. The molecule has 1 fully saturated rings. The summed E-state index contributed by atoms with van der Waals surface area (Å²) in [4.78, 5) is 28.8. The molecule has 0 radical (unpaired) electrons. The Morgan fingerprint density at radius 1 is 1.38 bits per heavy atom. The van der Waals surface area contributed by atoms with Crippen LogP contribution in [0.15, 0.2) is 35.5 Å². The molecule has 4 heterocycles. The zero-order valence-electron chi connectivity index (χ0n) is 16.7. The lowest BCUT2D eigenvalue weighted by atomic mass is 10.2. The minimum absolute atomic E-state index is 0.0340. The Morgan fingerprint density at radius 2 is 2.19 bits per heavy atom. The molecule has 0 bridgehead atoms. The minimum atomic E-state index is -3.97. The summed E-state index contributed by atoms with van der Waals surface area (Å²) in [5.41, 5.74) is 5.79. The molecule has 0 aromatic carbocycles. The highest BCUT2D eigenvalue weighted by molar-refractivity contribution is 7.89. The van der Waals surface area contributed by atoms with E-state index < -0.39 is 22.5 Å². The van der Waals surface area contributed by atoms with E-state index in [-0.39, 0.29) is 22.5 Å². The average molecular weight is 498 g/mol. The molecule has 1 aliphatic heterocycles. The molecule has 2 amide bonds. The highest BCUT2D eigenvalue weighted by Crippen LogP contribution is 2.29. The minimum Gasteiger partial charge on any atom is -0.364 e. The van der Waals surface area contributed by atoms with Gasteiger partial charge in [0, 0.05) is 12.7 Å². The van der Waals surface area contributed by atoms with Crippen LogP contribution in [-0.2, 0) is 21.4 Å². The van der Waals surface area contributed by atoms with Crippen LogP contribution in [0.5, 0.6) is 0 Å². The number of hydrogen-bond acceptors (Lipinski definition) is 7. The first-order valence-corrected chi connectivity index (χ1v) is 12.3. The molecule has 4 N–H and O–H groups in total. The first-order chi connectivity index (χ1) is 15.2. The number of hydrogen-bond donors (Lipinski definition) is 3. The summed E-state index contributed by atoms with van der Waals surface area (Å²) in [5, 5.41) is 8.30. The fourth-order valence-corrected chi connectivity index (χ4v) is 5.50. The van der Waals surface area contributed by atoms with Crippen molar-refractivity contribution in [3.8, 4) is 10.6 Å². The van der Waals surface area contributed by atoms with E-state index in [0.29, 0.717) is 23.1 Å². The Balaban J connectivity index is 1.37. The van der Waals surface area contributed by atoms with Crippen LogP contribution in [0.1, 0.15) is 23.3 Å². The number of thiophene rings is 1. The van der Waals surface area contributed by atoms with Crippen molar-refractivity contribution in [2.45, 2.75) is 30.3 Å². The maximum Gasteiger partial charge on any atom is 0.265 e. The number of likely N-dealkylation sites (tertiary alicyclic amines) is 1. The predicted octanol–water partition coefficient (Wildman–Crippen LogP) is 1.06. The molecule has 170 valence electrons. The molecule has 3 aromatic rings. The van der Waals surface area contributed by atoms with Gasteiger partial charge in [-0.2, -0.15) is 0 Å². The lowest BCUT2D eigenvalue weighted by Gasteiger charge is -2.24. The summed E-state index contributed by atoms with van der Waals surface area (Å²) in [6, 6.07) is 4.66. The van der Waals surface area contributed by atoms with Crippen LogP contribution < -0.4 is 10.5 Å². The normalized spacial score (nSPS) is 16.5. The number of sulfonamides is 1. The van der Waals surface area contributed by atoms with Crippen LogP contribution in [0.25, 0.3) is 10.6 Å². The number of primary amides is 1. The van der Waals surface area contributed by atoms with Crippen molar-refractivity contribution in [3.63, 3.8) is 0 Å². The maximum absolute atomic E-state index is 12.7. The van der Waals surface area contributed by atoms with E-state index in [1.165, 1.54) is 11.3 Å². The molecular formula is C18H20ClN7O4S2. The predicted molar refractivity (Wildman–Crippen MR) is 118 cm³/mol. The van der Waals surface area contributed by atoms with Crippen molar-refractivity contribution < 1.29 is 18.0 Å². The number of nitrogens with two attached hydrogens (primary N) is 1. The van der Waals surface area contributed by atoms with E-state index in [9.17, 15) is 18.0 Å². The fraction of sp³-hybridized carbons (Fsp3) is 0.333. The third-order valence-corrected chi connectivity index (χ3v) is 7.74. The Kier molecular flexibility index (Phi) is 6.33. The molecule has 0 saturated carbocycles. The first kappa shape index (κ1) is 22.5. The van der Waals surface area contributed by atoms with Gasteiger partial charge in [-0.25, -0.2) is 17.8 Å². The topological polar surface area (TPSA) is 156 Å². The van der Waals surface area contributed by atoms with Crippen molar-refractivity contribution in [1.82, 2.24) is 29.6 Å². The fourth-order valence-electron chi connectivity index (χ4n) is 3.54. The molecule has 4 rings (SSSR count). The largest absolute Gasteiger partial charge is 0.364 e. The van der Waals surface area contributed by atoms with Crippen LogP contribution >= 0.6 is 22.9 Å². The van der Waals surface area contributed by atoms with Crippen molar-refractivity contribution in [2.75, 3.05) is 13.1 Å². The van der Waals surface area contributed by atoms with Gasteiger partial charge in [0.15, 0.2) is 0 Å². The van der Waals surface area contributed by atoms with Gasteiger partial charge >= 0.3 is 0 Å². The van der Waals surface area contributed by atoms with Gasteiger partial charge in [0.25, 0.3) is 5.91 Å². The Bertz CT molecular complexity index is 1250. The smallest absolute Gasteiger partial charge is 0.265 e. The molecule has 1 aliphatic rings. The number of rotatable bonds is 8. The summed E-state index contributed by atoms with van der Waals surface area (Å²) < 4.78 is 29.4. The lowest BCUT2D eigenvalue weighted by molar-refractivity contribution is -0.131. The van der Waals surface area contributed by atoms with Gasteiger partial charge in [0.05, 0.1) is 34.5 Å². The standard InChI is InChI=1S/C18H20ClN7O4S2/c19-16-4-3-15(31-16)14-10-25(24-23-14)9-11-2-1-5-26(11)17(27)8-22-32(29,30)12-6-13(18(20)28)21-7-12/h3-4,6-7,10-11,21-22H,1-2,5,8-9H2,(H2,20,28)/t11-/m1/s1. The van der Waals surface area contributed by atoms with Gasteiger partial charge in [0.2, 0.25) is 15.9 Å². The molecular weight excluding hydrogens is 478 g/mol. The van der Waals surface area contributed by atoms with Gasteiger partial charge in [0.1, 0.15) is 16.3 Å². The summed E-state index contributed by atoms with van der Waals surface area (Å²) in [6.07, 6.45) is 4.53. The second-order valence-corrected chi connectivity index (χ2v) is 10.7. The maximum atomic E-state index is 12.7. The summed E-state index contributed by atoms with van der Waals surface area (Å²) in [6.45, 7) is 0.583. The zero-order chi connectivity index (χ0) is 22.9. The van der Waals surface area contributed by atoms with Crippen LogP contribution in [-0.4, -0.2) is 64.2 Å². The Hall–Kier alpha value is -2.74. The van der Waals surface area contributed by atoms with Crippen molar-refractivity contribution in [2.24, 2.45) is 5.73 Å². The van der Waals surface area contributed by atoms with Crippen molar-refractivity contribution in [1.29, 1.82) is 0 Å². The highest BCUT2D eigenvalue weighted by Gasteiger charge is 2.30. The van der Waals surface area contributed by atoms with Gasteiger partial charge in [-0.1, -0.05) is 16.8 Å². The monoisotopic (exact) mass is 497 g/mol. The summed E-state index contributed by atoms with van der Waals surface area (Å²) >= 11 is 7.38. The van der Waals surface area contributed by atoms with Gasteiger partial charge in [-0.15, -0.1) is 16.4 Å². The number of H-pyrrole nitrogens is 1. The molecule has 11 nitrogen and oxygen atoms in total. The van der Waals surface area contributed by atoms with E-state index in [1.54, 1.807) is 21.8 Å². The van der Waals surface area contributed by atoms with Crippen LogP contribution in [0.2, 0.25) is 4.34 Å². The lowest BCUT2D eigenvalue weighted by Crippen LogP contribution is -2.44. The first-order valence-electron chi connectivity index (χ1n) is 9.66. The number of carbonyl (C=O) groups is 2. The number of aromatic nitrogens is 4. The molecule has 32 heavy (non-hydrogen) atoms. The number of nitrogens with one attached hydrogen (secondary N) is 2. The zero-order valence-corrected chi connectivity index (χ0v) is 19.1. The van der Waals surface area contributed by atoms with Crippen LogP contribution in [0.4, 0.5) is 0 Å². The van der Waals surface area contributed by atoms with Crippen molar-refractivity contribution in [3.05, 3.63) is 40.6 Å². The van der Waals surface area contributed by atoms with Crippen LogP contribution in [0.3, 0.4) is 0 Å².